The van der Waals surface area contributed by atoms with Gasteiger partial charge in [0.25, 0.3) is 0 Å². The van der Waals surface area contributed by atoms with Crippen LogP contribution < -0.4 is 11.1 Å². The lowest BCUT2D eigenvalue weighted by Gasteiger charge is -2.14. The van der Waals surface area contributed by atoms with Crippen molar-refractivity contribution in [3.05, 3.63) is 48.3 Å². The number of nitrogens with zero attached hydrogens (tertiary/aromatic N) is 2. The number of hydrogen-bond acceptors (Lipinski definition) is 3. The highest BCUT2D eigenvalue weighted by Gasteiger charge is 2.22. The van der Waals surface area contributed by atoms with Gasteiger partial charge in [-0.15, -0.1) is 0 Å². The lowest BCUT2D eigenvalue weighted by molar-refractivity contribution is 0.522. The maximum Gasteiger partial charge on any atom is 0.0645 e. The summed E-state index contributed by atoms with van der Waals surface area (Å²) >= 11 is 0. The predicted octanol–water partition coefficient (Wildman–Crippen LogP) is 1.87. The summed E-state index contributed by atoms with van der Waals surface area (Å²) in [4.78, 5) is 0. The third kappa shape index (κ3) is 3.03. The third-order valence-electron chi connectivity index (χ3n) is 3.61. The molecular weight excluding hydrogens is 236 g/mol. The van der Waals surface area contributed by atoms with Gasteiger partial charge in [-0.2, -0.15) is 5.10 Å². The molecule has 1 atom stereocenters. The van der Waals surface area contributed by atoms with Crippen LogP contribution in [0.1, 0.15) is 24.4 Å². The van der Waals surface area contributed by atoms with E-state index in [1.54, 1.807) is 0 Å². The maximum atomic E-state index is 5.86. The Morgan fingerprint density at radius 1 is 1.32 bits per heavy atom. The summed E-state index contributed by atoms with van der Waals surface area (Å²) in [6, 6.07) is 10.3. The Hall–Kier alpha value is -1.65. The molecule has 1 aliphatic carbocycles. The molecular formula is C15H20N4. The molecule has 1 aromatic carbocycles. The minimum absolute atomic E-state index is 0.207. The minimum Gasteiger partial charge on any atom is -0.329 e. The van der Waals surface area contributed by atoms with Gasteiger partial charge in [0.2, 0.25) is 0 Å². The predicted molar refractivity (Wildman–Crippen MR) is 76.1 cm³/mol. The molecule has 3 rings (SSSR count). The monoisotopic (exact) mass is 256 g/mol. The van der Waals surface area contributed by atoms with Gasteiger partial charge in [0.1, 0.15) is 0 Å². The molecule has 19 heavy (non-hydrogen) atoms. The Balaban J connectivity index is 1.71. The highest BCUT2D eigenvalue weighted by molar-refractivity contribution is 5.31. The molecule has 4 heteroatoms. The Kier molecular flexibility index (Phi) is 3.62. The second-order valence-electron chi connectivity index (χ2n) is 5.19. The molecule has 4 nitrogen and oxygen atoms in total. The third-order valence-corrected chi connectivity index (χ3v) is 3.61. The van der Waals surface area contributed by atoms with Gasteiger partial charge in [-0.3, -0.25) is 0 Å². The lowest BCUT2D eigenvalue weighted by Crippen LogP contribution is -2.29. The van der Waals surface area contributed by atoms with E-state index in [4.69, 9.17) is 5.73 Å². The van der Waals surface area contributed by atoms with Crippen molar-refractivity contribution in [3.8, 4) is 5.69 Å². The van der Waals surface area contributed by atoms with E-state index in [-0.39, 0.29) is 6.04 Å². The van der Waals surface area contributed by atoms with E-state index in [1.807, 2.05) is 41.2 Å². The zero-order valence-corrected chi connectivity index (χ0v) is 11.0. The molecule has 3 N–H and O–H groups in total. The summed E-state index contributed by atoms with van der Waals surface area (Å²) in [6.45, 7) is 1.67. The van der Waals surface area contributed by atoms with Crippen molar-refractivity contribution in [1.82, 2.24) is 15.1 Å². The average molecular weight is 256 g/mol. The summed E-state index contributed by atoms with van der Waals surface area (Å²) in [5.41, 5.74) is 8.09. The molecule has 0 amide bonds. The highest BCUT2D eigenvalue weighted by Crippen LogP contribution is 2.28. The maximum absolute atomic E-state index is 5.86. The van der Waals surface area contributed by atoms with Gasteiger partial charge in [0, 0.05) is 24.3 Å². The van der Waals surface area contributed by atoms with Gasteiger partial charge in [0.05, 0.1) is 11.9 Å². The van der Waals surface area contributed by atoms with E-state index in [9.17, 15) is 0 Å². The number of rotatable bonds is 6. The summed E-state index contributed by atoms with van der Waals surface area (Å²) < 4.78 is 1.90. The largest absolute Gasteiger partial charge is 0.329 e. The number of para-hydroxylation sites is 1. The summed E-state index contributed by atoms with van der Waals surface area (Å²) in [7, 11) is 0. The Labute approximate surface area is 113 Å². The van der Waals surface area contributed by atoms with Gasteiger partial charge in [-0.1, -0.05) is 18.2 Å². The highest BCUT2D eigenvalue weighted by atomic mass is 15.3. The zero-order valence-electron chi connectivity index (χ0n) is 11.0. The second kappa shape index (κ2) is 5.55. The van der Waals surface area contributed by atoms with E-state index < -0.39 is 0 Å². The van der Waals surface area contributed by atoms with Crippen molar-refractivity contribution in [2.75, 3.05) is 13.1 Å². The van der Waals surface area contributed by atoms with Gasteiger partial charge >= 0.3 is 0 Å². The van der Waals surface area contributed by atoms with Gasteiger partial charge in [-0.25, -0.2) is 4.68 Å². The molecule has 0 bridgehead atoms. The van der Waals surface area contributed by atoms with Crippen molar-refractivity contribution >= 4 is 0 Å². The molecule has 0 spiro atoms. The molecule has 1 unspecified atom stereocenters. The first-order chi connectivity index (χ1) is 9.36. The number of aromatic nitrogens is 2. The van der Waals surface area contributed by atoms with Crippen LogP contribution in [0.25, 0.3) is 5.69 Å². The smallest absolute Gasteiger partial charge is 0.0645 e. The zero-order chi connectivity index (χ0) is 13.1. The van der Waals surface area contributed by atoms with E-state index in [1.165, 1.54) is 12.8 Å². The van der Waals surface area contributed by atoms with Crippen molar-refractivity contribution in [1.29, 1.82) is 0 Å². The molecule has 1 aliphatic rings. The van der Waals surface area contributed by atoms with E-state index in [0.29, 0.717) is 6.54 Å². The van der Waals surface area contributed by atoms with Crippen molar-refractivity contribution in [3.63, 3.8) is 0 Å². The minimum atomic E-state index is 0.207. The van der Waals surface area contributed by atoms with Crippen LogP contribution in [0, 0.1) is 5.92 Å². The number of hydrogen-bond donors (Lipinski definition) is 2. The van der Waals surface area contributed by atoms with Crippen molar-refractivity contribution in [2.45, 2.75) is 18.9 Å². The Morgan fingerprint density at radius 3 is 2.79 bits per heavy atom. The van der Waals surface area contributed by atoms with Crippen LogP contribution in [0.5, 0.6) is 0 Å². The topological polar surface area (TPSA) is 55.9 Å². The van der Waals surface area contributed by atoms with Crippen LogP contribution >= 0.6 is 0 Å². The normalized spacial score (nSPS) is 16.5. The first kappa shape index (κ1) is 12.4. The second-order valence-corrected chi connectivity index (χ2v) is 5.19. The van der Waals surface area contributed by atoms with E-state index in [2.05, 4.69) is 16.6 Å². The molecule has 100 valence electrons. The van der Waals surface area contributed by atoms with Gasteiger partial charge in [0.15, 0.2) is 0 Å². The van der Waals surface area contributed by atoms with Crippen LogP contribution in [-0.4, -0.2) is 22.9 Å². The van der Waals surface area contributed by atoms with Crippen LogP contribution in [-0.2, 0) is 0 Å². The van der Waals surface area contributed by atoms with Crippen molar-refractivity contribution in [2.24, 2.45) is 11.7 Å². The number of benzene rings is 1. The summed E-state index contributed by atoms with van der Waals surface area (Å²) in [5, 5.41) is 7.95. The SMILES string of the molecule is NCC(NCC1CC1)c1cnn(-c2ccccc2)c1. The number of nitrogens with one attached hydrogen (secondary N) is 1. The summed E-state index contributed by atoms with van der Waals surface area (Å²) in [5.74, 6) is 0.859. The van der Waals surface area contributed by atoms with Crippen molar-refractivity contribution < 1.29 is 0 Å². The summed E-state index contributed by atoms with van der Waals surface area (Å²) in [6.07, 6.45) is 6.68. The first-order valence-corrected chi connectivity index (χ1v) is 6.90. The van der Waals surface area contributed by atoms with Gasteiger partial charge in [-0.05, 0) is 37.4 Å². The molecule has 0 radical (unpaired) electrons. The van der Waals surface area contributed by atoms with Crippen LogP contribution in [0.15, 0.2) is 42.7 Å². The number of nitrogens with two attached hydrogens (primary N) is 1. The van der Waals surface area contributed by atoms with Crippen LogP contribution in [0.3, 0.4) is 0 Å². The fourth-order valence-corrected chi connectivity index (χ4v) is 2.21. The van der Waals surface area contributed by atoms with E-state index >= 15 is 0 Å². The average Bonchev–Trinajstić information content (AvgIpc) is 3.16. The fraction of sp³-hybridized carbons (Fsp3) is 0.400. The molecule has 0 saturated heterocycles. The molecule has 1 fully saturated rings. The standard InChI is InChI=1S/C15H20N4/c16-8-15(17-9-12-6-7-12)13-10-18-19(11-13)14-4-2-1-3-5-14/h1-5,10-12,15,17H,6-9,16H2. The van der Waals surface area contributed by atoms with Crippen LogP contribution in [0.4, 0.5) is 0 Å². The molecule has 1 saturated carbocycles. The molecule has 0 aliphatic heterocycles. The Bertz CT molecular complexity index is 516. The fourth-order valence-electron chi connectivity index (χ4n) is 2.21. The molecule has 1 aromatic heterocycles. The van der Waals surface area contributed by atoms with E-state index in [0.717, 1.165) is 23.7 Å². The Morgan fingerprint density at radius 2 is 2.11 bits per heavy atom. The molecule has 2 aromatic rings. The van der Waals surface area contributed by atoms with Crippen LogP contribution in [0.2, 0.25) is 0 Å². The molecule has 1 heterocycles. The lowest BCUT2D eigenvalue weighted by atomic mass is 10.1. The van der Waals surface area contributed by atoms with Gasteiger partial charge < -0.3 is 11.1 Å². The first-order valence-electron chi connectivity index (χ1n) is 6.90. The quantitative estimate of drug-likeness (QED) is 0.829.